The summed E-state index contributed by atoms with van der Waals surface area (Å²) in [6, 6.07) is 3.37. The number of anilines is 1. The summed E-state index contributed by atoms with van der Waals surface area (Å²) in [7, 11) is 0. The maximum absolute atomic E-state index is 12.0. The van der Waals surface area contributed by atoms with Gasteiger partial charge in [0.15, 0.2) is 0 Å². The molecular weight excluding hydrogens is 298 g/mol. The average molecular weight is 316 g/mol. The highest BCUT2D eigenvalue weighted by Crippen LogP contribution is 2.16. The van der Waals surface area contributed by atoms with Crippen molar-refractivity contribution in [3.05, 3.63) is 22.4 Å². The van der Waals surface area contributed by atoms with Crippen molar-refractivity contribution in [2.24, 2.45) is 0 Å². The molecule has 0 aliphatic rings. The van der Waals surface area contributed by atoms with Crippen LogP contribution in [0.3, 0.4) is 0 Å². The lowest BCUT2D eigenvalue weighted by molar-refractivity contribution is 0.188. The molecule has 2 amide bonds. The van der Waals surface area contributed by atoms with E-state index in [0.717, 1.165) is 16.7 Å². The fourth-order valence-electron chi connectivity index (χ4n) is 1.56. The van der Waals surface area contributed by atoms with Gasteiger partial charge in [-0.05, 0) is 41.4 Å². The van der Waals surface area contributed by atoms with E-state index in [2.05, 4.69) is 26.2 Å². The fraction of sp³-hybridized carbons (Fsp3) is 0.500. The van der Waals surface area contributed by atoms with E-state index >= 15 is 0 Å². The molecule has 18 heavy (non-hydrogen) atoms. The Kier molecular flexibility index (Phi) is 6.07. The average Bonchev–Trinajstić information content (AvgIpc) is 2.32. The van der Waals surface area contributed by atoms with Crippen molar-refractivity contribution < 1.29 is 9.90 Å². The monoisotopic (exact) mass is 315 g/mol. The van der Waals surface area contributed by atoms with E-state index in [4.69, 9.17) is 5.11 Å². The molecule has 0 saturated heterocycles. The van der Waals surface area contributed by atoms with Gasteiger partial charge in [0.1, 0.15) is 4.60 Å². The largest absolute Gasteiger partial charge is 0.395 e. The van der Waals surface area contributed by atoms with E-state index in [1.807, 2.05) is 13.8 Å². The number of amides is 2. The van der Waals surface area contributed by atoms with E-state index in [-0.39, 0.29) is 12.6 Å². The molecule has 0 bridgehead atoms. The van der Waals surface area contributed by atoms with Gasteiger partial charge < -0.3 is 15.3 Å². The van der Waals surface area contributed by atoms with E-state index in [9.17, 15) is 4.79 Å². The van der Waals surface area contributed by atoms with Gasteiger partial charge in [0.05, 0.1) is 18.0 Å². The fourth-order valence-corrected chi connectivity index (χ4v) is 1.96. The number of aromatic nitrogens is 1. The number of halogens is 1. The van der Waals surface area contributed by atoms with Crippen molar-refractivity contribution in [2.75, 3.05) is 25.0 Å². The van der Waals surface area contributed by atoms with Gasteiger partial charge >= 0.3 is 6.03 Å². The summed E-state index contributed by atoms with van der Waals surface area (Å²) >= 11 is 3.27. The maximum Gasteiger partial charge on any atom is 0.321 e. The molecule has 0 saturated carbocycles. The van der Waals surface area contributed by atoms with Gasteiger partial charge in [-0.3, -0.25) is 0 Å². The molecule has 0 radical (unpaired) electrons. The SMILES string of the molecule is CCCN(CCO)C(=O)Nc1ccc(Br)nc1C. The number of carbonyl (C=O) groups excluding carboxylic acids is 1. The summed E-state index contributed by atoms with van der Waals surface area (Å²) in [4.78, 5) is 17.8. The molecular formula is C12H18BrN3O2. The lowest BCUT2D eigenvalue weighted by Gasteiger charge is -2.21. The second-order valence-electron chi connectivity index (χ2n) is 3.91. The molecule has 0 aromatic carbocycles. The zero-order valence-electron chi connectivity index (χ0n) is 10.6. The van der Waals surface area contributed by atoms with Crippen molar-refractivity contribution in [3.8, 4) is 0 Å². The van der Waals surface area contributed by atoms with Gasteiger partial charge in [-0.25, -0.2) is 9.78 Å². The van der Waals surface area contributed by atoms with Crippen molar-refractivity contribution in [1.29, 1.82) is 0 Å². The Morgan fingerprint density at radius 2 is 2.22 bits per heavy atom. The molecule has 1 rings (SSSR count). The number of pyridine rings is 1. The van der Waals surface area contributed by atoms with Crippen LogP contribution in [-0.4, -0.2) is 40.7 Å². The Hall–Kier alpha value is -1.14. The Morgan fingerprint density at radius 3 is 2.78 bits per heavy atom. The minimum atomic E-state index is -0.210. The van der Waals surface area contributed by atoms with Gasteiger partial charge in [0.2, 0.25) is 0 Å². The number of hydrogen-bond donors (Lipinski definition) is 2. The number of nitrogens with one attached hydrogen (secondary N) is 1. The minimum absolute atomic E-state index is 0.0367. The number of aryl methyl sites for hydroxylation is 1. The highest BCUT2D eigenvalue weighted by molar-refractivity contribution is 9.10. The molecule has 1 aromatic rings. The van der Waals surface area contributed by atoms with Crippen molar-refractivity contribution in [3.63, 3.8) is 0 Å². The standard InChI is InChI=1S/C12H18BrN3O2/c1-3-6-16(7-8-17)12(18)15-10-4-5-11(13)14-9(10)2/h4-5,17H,3,6-8H2,1-2H3,(H,15,18). The van der Waals surface area contributed by atoms with Gasteiger partial charge in [0.25, 0.3) is 0 Å². The Bertz CT molecular complexity index is 406. The van der Waals surface area contributed by atoms with E-state index in [1.54, 1.807) is 17.0 Å². The molecule has 0 aliphatic carbocycles. The summed E-state index contributed by atoms with van der Waals surface area (Å²) < 4.78 is 0.735. The first-order valence-electron chi connectivity index (χ1n) is 5.88. The highest BCUT2D eigenvalue weighted by atomic mass is 79.9. The summed E-state index contributed by atoms with van der Waals surface area (Å²) in [6.07, 6.45) is 0.852. The predicted molar refractivity (Wildman–Crippen MR) is 74.6 cm³/mol. The first-order valence-corrected chi connectivity index (χ1v) is 6.67. The Balaban J connectivity index is 2.72. The molecule has 2 N–H and O–H groups in total. The van der Waals surface area contributed by atoms with E-state index in [1.165, 1.54) is 0 Å². The molecule has 0 unspecified atom stereocenters. The van der Waals surface area contributed by atoms with Gasteiger partial charge in [0, 0.05) is 13.1 Å². The van der Waals surface area contributed by atoms with Crippen LogP contribution in [0.15, 0.2) is 16.7 Å². The van der Waals surface area contributed by atoms with Crippen LogP contribution in [0.1, 0.15) is 19.0 Å². The van der Waals surface area contributed by atoms with Gasteiger partial charge in [-0.2, -0.15) is 0 Å². The molecule has 100 valence electrons. The van der Waals surface area contributed by atoms with Crippen LogP contribution >= 0.6 is 15.9 Å². The summed E-state index contributed by atoms with van der Waals surface area (Å²) in [6.45, 7) is 4.74. The third-order valence-corrected chi connectivity index (χ3v) is 2.89. The van der Waals surface area contributed by atoms with E-state index in [0.29, 0.717) is 18.8 Å². The van der Waals surface area contributed by atoms with Crippen LogP contribution in [0.4, 0.5) is 10.5 Å². The number of carbonyl (C=O) groups is 1. The number of hydrogen-bond acceptors (Lipinski definition) is 3. The normalized spacial score (nSPS) is 10.2. The first kappa shape index (κ1) is 14.9. The quantitative estimate of drug-likeness (QED) is 0.820. The molecule has 0 atom stereocenters. The number of aliphatic hydroxyl groups is 1. The first-order chi connectivity index (χ1) is 8.58. The third-order valence-electron chi connectivity index (χ3n) is 2.44. The Morgan fingerprint density at radius 1 is 1.50 bits per heavy atom. The summed E-state index contributed by atoms with van der Waals surface area (Å²) in [5.41, 5.74) is 1.43. The van der Waals surface area contributed by atoms with Gasteiger partial charge in [-0.15, -0.1) is 0 Å². The zero-order chi connectivity index (χ0) is 13.5. The van der Waals surface area contributed by atoms with Crippen LogP contribution in [0.5, 0.6) is 0 Å². The molecule has 6 heteroatoms. The molecule has 1 heterocycles. The molecule has 1 aromatic heterocycles. The van der Waals surface area contributed by atoms with Crippen LogP contribution in [0, 0.1) is 6.92 Å². The molecule has 0 spiro atoms. The minimum Gasteiger partial charge on any atom is -0.395 e. The maximum atomic E-state index is 12.0. The van der Waals surface area contributed by atoms with E-state index < -0.39 is 0 Å². The second kappa shape index (κ2) is 7.33. The molecule has 0 aliphatic heterocycles. The number of urea groups is 1. The molecule has 0 fully saturated rings. The van der Waals surface area contributed by atoms with Crippen LogP contribution in [0.25, 0.3) is 0 Å². The predicted octanol–water partition coefficient (Wildman–Crippen LogP) is 2.39. The lowest BCUT2D eigenvalue weighted by atomic mass is 10.3. The highest BCUT2D eigenvalue weighted by Gasteiger charge is 2.13. The smallest absolute Gasteiger partial charge is 0.321 e. The van der Waals surface area contributed by atoms with Crippen LogP contribution in [0.2, 0.25) is 0 Å². The van der Waals surface area contributed by atoms with Crippen molar-refractivity contribution in [1.82, 2.24) is 9.88 Å². The second-order valence-corrected chi connectivity index (χ2v) is 4.72. The molecule has 5 nitrogen and oxygen atoms in total. The van der Waals surface area contributed by atoms with Crippen LogP contribution in [-0.2, 0) is 0 Å². The lowest BCUT2D eigenvalue weighted by Crippen LogP contribution is -2.37. The zero-order valence-corrected chi connectivity index (χ0v) is 12.2. The van der Waals surface area contributed by atoms with Crippen molar-refractivity contribution >= 4 is 27.6 Å². The number of nitrogens with zero attached hydrogens (tertiary/aromatic N) is 2. The number of rotatable bonds is 5. The summed E-state index contributed by atoms with van der Waals surface area (Å²) in [5, 5.41) is 11.7. The van der Waals surface area contributed by atoms with Crippen LogP contribution < -0.4 is 5.32 Å². The van der Waals surface area contributed by atoms with Gasteiger partial charge in [-0.1, -0.05) is 6.92 Å². The summed E-state index contributed by atoms with van der Waals surface area (Å²) in [5.74, 6) is 0. The van der Waals surface area contributed by atoms with Crippen molar-refractivity contribution in [2.45, 2.75) is 20.3 Å². The topological polar surface area (TPSA) is 65.5 Å². The number of aliphatic hydroxyl groups excluding tert-OH is 1. The Labute approximate surface area is 115 Å². The third kappa shape index (κ3) is 4.27.